The van der Waals surface area contributed by atoms with Crippen LogP contribution in [0.15, 0.2) is 0 Å². The van der Waals surface area contributed by atoms with Crippen LogP contribution in [0.4, 0.5) is 22.0 Å². The Morgan fingerprint density at radius 1 is 0.857 bits per heavy atom. The molecule has 1 nitrogen and oxygen atoms in total. The van der Waals surface area contributed by atoms with E-state index in [0.717, 1.165) is 6.42 Å². The van der Waals surface area contributed by atoms with Gasteiger partial charge in [0.1, 0.15) is 0 Å². The molecule has 14 heavy (non-hydrogen) atoms. The summed E-state index contributed by atoms with van der Waals surface area (Å²) in [4.78, 5) is 0. The Kier molecular flexibility index (Phi) is 3.34. The van der Waals surface area contributed by atoms with Crippen molar-refractivity contribution in [3.05, 3.63) is 0 Å². The second-order valence-electron chi connectivity index (χ2n) is 3.55. The van der Waals surface area contributed by atoms with Crippen molar-refractivity contribution < 1.29 is 22.0 Å². The van der Waals surface area contributed by atoms with Gasteiger partial charge in [0.05, 0.1) is 0 Å². The molecule has 0 atom stereocenters. The zero-order chi connectivity index (χ0) is 10.8. The number of alkyl halides is 5. The van der Waals surface area contributed by atoms with Crippen molar-refractivity contribution in [2.75, 3.05) is 0 Å². The summed E-state index contributed by atoms with van der Waals surface area (Å²) >= 11 is 0. The van der Waals surface area contributed by atoms with Crippen molar-refractivity contribution in [2.24, 2.45) is 0 Å². The molecule has 1 aliphatic carbocycles. The molecule has 0 bridgehead atoms. The van der Waals surface area contributed by atoms with Crippen LogP contribution in [0.25, 0.3) is 0 Å². The molecule has 6 heteroatoms. The lowest BCUT2D eigenvalue weighted by molar-refractivity contribution is -0.298. The molecule has 1 saturated carbocycles. The highest BCUT2D eigenvalue weighted by atomic mass is 19.4. The molecule has 1 aliphatic rings. The summed E-state index contributed by atoms with van der Waals surface area (Å²) in [6.07, 6.45) is -2.37. The fourth-order valence-electron chi connectivity index (χ4n) is 1.59. The minimum Gasteiger partial charge on any atom is -0.247 e. The Hall–Kier alpha value is -0.390. The Bertz CT molecular complexity index is 183. The first-order valence-electron chi connectivity index (χ1n) is 4.55. The van der Waals surface area contributed by atoms with Crippen molar-refractivity contribution in [2.45, 2.75) is 50.4 Å². The van der Waals surface area contributed by atoms with Crippen molar-refractivity contribution in [3.63, 3.8) is 0 Å². The Labute approximate surface area is 78.7 Å². The van der Waals surface area contributed by atoms with E-state index in [0.29, 0.717) is 25.7 Å². The molecule has 0 radical (unpaired) electrons. The predicted octanol–water partition coefficient (Wildman–Crippen LogP) is 3.06. The Morgan fingerprint density at radius 3 is 1.79 bits per heavy atom. The molecule has 0 saturated heterocycles. The minimum atomic E-state index is -5.50. The standard InChI is InChI=1S/C8H12F5N/c9-7(10,11)8(12,13)14-6-4-2-1-3-5-6/h6,14H,1-5H2. The smallest absolute Gasteiger partial charge is 0.247 e. The highest BCUT2D eigenvalue weighted by Crippen LogP contribution is 2.34. The zero-order valence-corrected chi connectivity index (χ0v) is 7.50. The van der Waals surface area contributed by atoms with E-state index in [-0.39, 0.29) is 0 Å². The number of halogens is 5. The van der Waals surface area contributed by atoms with Gasteiger partial charge in [0, 0.05) is 6.04 Å². The maximum atomic E-state index is 12.5. The third-order valence-electron chi connectivity index (χ3n) is 2.35. The van der Waals surface area contributed by atoms with Gasteiger partial charge in [0.2, 0.25) is 0 Å². The van der Waals surface area contributed by atoms with Crippen LogP contribution in [-0.4, -0.2) is 18.3 Å². The quantitative estimate of drug-likeness (QED) is 0.553. The molecular formula is C8H12F5N. The molecule has 84 valence electrons. The largest absolute Gasteiger partial charge is 0.469 e. The van der Waals surface area contributed by atoms with Crippen molar-refractivity contribution in [1.82, 2.24) is 5.32 Å². The number of hydrogen-bond donors (Lipinski definition) is 1. The Morgan fingerprint density at radius 2 is 1.36 bits per heavy atom. The van der Waals surface area contributed by atoms with Crippen molar-refractivity contribution >= 4 is 0 Å². The van der Waals surface area contributed by atoms with Gasteiger partial charge in [-0.1, -0.05) is 19.3 Å². The van der Waals surface area contributed by atoms with Gasteiger partial charge >= 0.3 is 12.2 Å². The number of rotatable bonds is 2. The normalized spacial score (nSPS) is 21.2. The summed E-state index contributed by atoms with van der Waals surface area (Å²) in [6, 6.07) is -5.46. The van der Waals surface area contributed by atoms with Gasteiger partial charge in [-0.25, -0.2) is 5.32 Å². The first-order chi connectivity index (χ1) is 6.33. The molecule has 0 heterocycles. The van der Waals surface area contributed by atoms with E-state index in [1.165, 1.54) is 5.32 Å². The van der Waals surface area contributed by atoms with E-state index >= 15 is 0 Å². The Balaban J connectivity index is 2.49. The predicted molar refractivity (Wildman–Crippen MR) is 41.0 cm³/mol. The maximum absolute atomic E-state index is 12.5. The average Bonchev–Trinajstić information content (AvgIpc) is 2.03. The molecule has 0 spiro atoms. The van der Waals surface area contributed by atoms with Crippen LogP contribution in [0.1, 0.15) is 32.1 Å². The molecule has 0 aliphatic heterocycles. The van der Waals surface area contributed by atoms with E-state index in [1.54, 1.807) is 0 Å². The summed E-state index contributed by atoms with van der Waals surface area (Å²) in [6.45, 7) is 0. The van der Waals surface area contributed by atoms with E-state index in [4.69, 9.17) is 0 Å². The lowest BCUT2D eigenvalue weighted by atomic mass is 9.95. The third kappa shape index (κ3) is 2.80. The van der Waals surface area contributed by atoms with Crippen LogP contribution in [0.5, 0.6) is 0 Å². The summed E-state index contributed by atoms with van der Waals surface area (Å²) in [5, 5.41) is 1.38. The molecular weight excluding hydrogens is 205 g/mol. The number of nitrogens with one attached hydrogen (secondary N) is 1. The summed E-state index contributed by atoms with van der Waals surface area (Å²) < 4.78 is 60.3. The second kappa shape index (κ2) is 4.00. The zero-order valence-electron chi connectivity index (χ0n) is 7.50. The molecule has 0 aromatic rings. The van der Waals surface area contributed by atoms with Gasteiger partial charge < -0.3 is 0 Å². The molecule has 0 amide bonds. The average molecular weight is 217 g/mol. The van der Waals surface area contributed by atoms with Gasteiger partial charge in [-0.3, -0.25) is 0 Å². The molecule has 1 fully saturated rings. The summed E-state index contributed by atoms with van der Waals surface area (Å²) in [5.41, 5.74) is 0. The van der Waals surface area contributed by atoms with E-state index in [2.05, 4.69) is 0 Å². The van der Waals surface area contributed by atoms with Crippen LogP contribution in [-0.2, 0) is 0 Å². The van der Waals surface area contributed by atoms with Crippen molar-refractivity contribution in [1.29, 1.82) is 0 Å². The first kappa shape index (κ1) is 11.7. The van der Waals surface area contributed by atoms with Gasteiger partial charge in [-0.2, -0.15) is 22.0 Å². The van der Waals surface area contributed by atoms with Crippen LogP contribution in [0, 0.1) is 0 Å². The molecule has 0 aromatic heterocycles. The minimum absolute atomic E-state index is 0.395. The van der Waals surface area contributed by atoms with E-state index in [1.807, 2.05) is 0 Å². The second-order valence-corrected chi connectivity index (χ2v) is 3.55. The first-order valence-corrected chi connectivity index (χ1v) is 4.55. The third-order valence-corrected chi connectivity index (χ3v) is 2.35. The maximum Gasteiger partial charge on any atom is 0.469 e. The van der Waals surface area contributed by atoms with E-state index < -0.39 is 18.3 Å². The molecule has 0 unspecified atom stereocenters. The van der Waals surface area contributed by atoms with Crippen LogP contribution < -0.4 is 5.32 Å². The monoisotopic (exact) mass is 217 g/mol. The lowest BCUT2D eigenvalue weighted by Crippen LogP contribution is -2.54. The fourth-order valence-corrected chi connectivity index (χ4v) is 1.59. The van der Waals surface area contributed by atoms with Crippen LogP contribution in [0.2, 0.25) is 0 Å². The van der Waals surface area contributed by atoms with Gasteiger partial charge in [-0.05, 0) is 12.8 Å². The number of hydrogen-bond acceptors (Lipinski definition) is 1. The highest BCUT2D eigenvalue weighted by molar-refractivity contribution is 4.80. The van der Waals surface area contributed by atoms with Crippen molar-refractivity contribution in [3.8, 4) is 0 Å². The van der Waals surface area contributed by atoms with Gasteiger partial charge in [0.15, 0.2) is 0 Å². The molecule has 1 N–H and O–H groups in total. The van der Waals surface area contributed by atoms with Gasteiger partial charge in [0.25, 0.3) is 0 Å². The topological polar surface area (TPSA) is 12.0 Å². The molecule has 0 aromatic carbocycles. The van der Waals surface area contributed by atoms with Gasteiger partial charge in [-0.15, -0.1) is 0 Å². The lowest BCUT2D eigenvalue weighted by Gasteiger charge is -2.29. The summed E-state index contributed by atoms with van der Waals surface area (Å²) in [5.74, 6) is 0. The van der Waals surface area contributed by atoms with Crippen LogP contribution in [0.3, 0.4) is 0 Å². The summed E-state index contributed by atoms with van der Waals surface area (Å²) in [7, 11) is 0. The van der Waals surface area contributed by atoms with E-state index in [9.17, 15) is 22.0 Å². The van der Waals surface area contributed by atoms with Crippen LogP contribution >= 0.6 is 0 Å². The SMILES string of the molecule is FC(F)(F)C(F)(F)NC1CCCCC1. The molecule has 1 rings (SSSR count). The highest BCUT2D eigenvalue weighted by Gasteiger charge is 2.58. The fraction of sp³-hybridized carbons (Fsp3) is 1.00.